The number of carbonyl (C=O) groups excluding carboxylic acids is 1. The predicted molar refractivity (Wildman–Crippen MR) is 64.1 cm³/mol. The highest BCUT2D eigenvalue weighted by Crippen LogP contribution is 2.27. The van der Waals surface area contributed by atoms with E-state index in [2.05, 4.69) is 26.7 Å². The van der Waals surface area contributed by atoms with Gasteiger partial charge in [0.2, 0.25) is 0 Å². The minimum atomic E-state index is -0.328. The van der Waals surface area contributed by atoms with Crippen molar-refractivity contribution in [2.45, 2.75) is 12.3 Å². The molecule has 0 aliphatic heterocycles. The van der Waals surface area contributed by atoms with E-state index in [-0.39, 0.29) is 18.3 Å². The molecule has 1 aromatic carbocycles. The highest BCUT2D eigenvalue weighted by Gasteiger charge is 2.13. The van der Waals surface area contributed by atoms with E-state index in [1.54, 1.807) is 12.1 Å². The molecule has 0 saturated heterocycles. The van der Waals surface area contributed by atoms with Crippen LogP contribution in [-0.4, -0.2) is 13.1 Å². The summed E-state index contributed by atoms with van der Waals surface area (Å²) < 4.78 is 5.28. The molecule has 16 heavy (non-hydrogen) atoms. The minimum absolute atomic E-state index is 0.159. The van der Waals surface area contributed by atoms with E-state index < -0.39 is 0 Å². The molecule has 0 spiro atoms. The first-order chi connectivity index (χ1) is 7.63. The standard InChI is InChI=1S/C11H9BrClNO2/c1-16-10(15)4-7-2-3-8(6-14)9(5-13)11(7)12/h2-3H,4-5H2,1H3. The normalized spacial score (nSPS) is 9.62. The molecule has 0 amide bonds. The minimum Gasteiger partial charge on any atom is -0.469 e. The molecule has 0 aliphatic rings. The van der Waals surface area contributed by atoms with Gasteiger partial charge in [0.25, 0.3) is 0 Å². The molecule has 3 nitrogen and oxygen atoms in total. The Kier molecular flexibility index (Phi) is 4.78. The lowest BCUT2D eigenvalue weighted by Gasteiger charge is -2.08. The second-order valence-corrected chi connectivity index (χ2v) is 4.12. The van der Waals surface area contributed by atoms with Crippen molar-refractivity contribution in [1.82, 2.24) is 0 Å². The van der Waals surface area contributed by atoms with E-state index in [1.807, 2.05) is 0 Å². The van der Waals surface area contributed by atoms with Gasteiger partial charge in [0.15, 0.2) is 0 Å². The highest BCUT2D eigenvalue weighted by molar-refractivity contribution is 9.10. The van der Waals surface area contributed by atoms with Crippen molar-refractivity contribution in [1.29, 1.82) is 5.26 Å². The van der Waals surface area contributed by atoms with Gasteiger partial charge in [-0.3, -0.25) is 4.79 Å². The van der Waals surface area contributed by atoms with E-state index in [4.69, 9.17) is 16.9 Å². The SMILES string of the molecule is COC(=O)Cc1ccc(C#N)c(CCl)c1Br. The maximum atomic E-state index is 11.1. The molecule has 0 saturated carbocycles. The van der Waals surface area contributed by atoms with E-state index in [0.29, 0.717) is 15.6 Å². The molecule has 84 valence electrons. The van der Waals surface area contributed by atoms with E-state index in [9.17, 15) is 4.79 Å². The van der Waals surface area contributed by atoms with Crippen LogP contribution in [-0.2, 0) is 21.8 Å². The fourth-order valence-corrected chi connectivity index (χ4v) is 2.33. The lowest BCUT2D eigenvalue weighted by molar-refractivity contribution is -0.139. The van der Waals surface area contributed by atoms with Crippen molar-refractivity contribution in [2.24, 2.45) is 0 Å². The predicted octanol–water partition coefficient (Wildman–Crippen LogP) is 2.78. The van der Waals surface area contributed by atoms with Crippen molar-refractivity contribution in [3.63, 3.8) is 0 Å². The van der Waals surface area contributed by atoms with Gasteiger partial charge < -0.3 is 4.74 Å². The Morgan fingerprint density at radius 1 is 1.62 bits per heavy atom. The highest BCUT2D eigenvalue weighted by atomic mass is 79.9. The van der Waals surface area contributed by atoms with Gasteiger partial charge in [-0.25, -0.2) is 0 Å². The van der Waals surface area contributed by atoms with Crippen LogP contribution in [0.5, 0.6) is 0 Å². The number of nitrogens with zero attached hydrogens (tertiary/aromatic N) is 1. The summed E-state index contributed by atoms with van der Waals surface area (Å²) >= 11 is 9.11. The van der Waals surface area contributed by atoms with Gasteiger partial charge in [-0.15, -0.1) is 11.6 Å². The van der Waals surface area contributed by atoms with Gasteiger partial charge in [-0.2, -0.15) is 5.26 Å². The number of ether oxygens (including phenoxy) is 1. The fourth-order valence-electron chi connectivity index (χ4n) is 1.27. The zero-order valence-electron chi connectivity index (χ0n) is 8.59. The Hall–Kier alpha value is -1.05. The molecule has 1 aromatic rings. The molecular weight excluding hydrogens is 293 g/mol. The van der Waals surface area contributed by atoms with Gasteiger partial charge in [-0.1, -0.05) is 22.0 Å². The van der Waals surface area contributed by atoms with Crippen LogP contribution in [0.1, 0.15) is 16.7 Å². The van der Waals surface area contributed by atoms with Crippen molar-refractivity contribution in [3.8, 4) is 6.07 Å². The van der Waals surface area contributed by atoms with Crippen molar-refractivity contribution >= 4 is 33.5 Å². The van der Waals surface area contributed by atoms with Crippen LogP contribution >= 0.6 is 27.5 Å². The number of esters is 1. The van der Waals surface area contributed by atoms with Crippen LogP contribution in [0.4, 0.5) is 0 Å². The Balaban J connectivity index is 3.15. The summed E-state index contributed by atoms with van der Waals surface area (Å²) in [6.07, 6.45) is 0.159. The van der Waals surface area contributed by atoms with Crippen LogP contribution in [0.15, 0.2) is 16.6 Å². The summed E-state index contributed by atoms with van der Waals surface area (Å²) in [5, 5.41) is 8.87. The van der Waals surface area contributed by atoms with Crippen LogP contribution in [0.3, 0.4) is 0 Å². The Bertz CT molecular complexity index is 454. The average Bonchev–Trinajstić information content (AvgIpc) is 2.31. The number of hydrogen-bond donors (Lipinski definition) is 0. The summed E-state index contributed by atoms with van der Waals surface area (Å²) in [6, 6.07) is 5.42. The molecule has 0 aliphatic carbocycles. The molecule has 5 heteroatoms. The topological polar surface area (TPSA) is 50.1 Å². The molecule has 0 aromatic heterocycles. The molecule has 0 radical (unpaired) electrons. The summed E-state index contributed by atoms with van der Waals surface area (Å²) in [5.74, 6) is -0.107. The van der Waals surface area contributed by atoms with Crippen LogP contribution in [0, 0.1) is 11.3 Å². The van der Waals surface area contributed by atoms with E-state index in [1.165, 1.54) is 7.11 Å². The molecule has 0 bridgehead atoms. The lowest BCUT2D eigenvalue weighted by Crippen LogP contribution is -2.06. The first-order valence-corrected chi connectivity index (χ1v) is 5.80. The first-order valence-electron chi connectivity index (χ1n) is 4.47. The number of methoxy groups -OCH3 is 1. The summed E-state index contributed by atoms with van der Waals surface area (Å²) in [5.41, 5.74) is 1.97. The third-order valence-electron chi connectivity index (χ3n) is 2.14. The van der Waals surface area contributed by atoms with E-state index >= 15 is 0 Å². The number of nitriles is 1. The molecule has 0 fully saturated rings. The number of carbonyl (C=O) groups is 1. The summed E-state index contributed by atoms with van der Waals surface area (Å²) in [4.78, 5) is 11.1. The zero-order valence-corrected chi connectivity index (χ0v) is 10.9. The van der Waals surface area contributed by atoms with Crippen molar-refractivity contribution < 1.29 is 9.53 Å². The van der Waals surface area contributed by atoms with Crippen LogP contribution < -0.4 is 0 Å². The maximum Gasteiger partial charge on any atom is 0.310 e. The average molecular weight is 303 g/mol. The number of rotatable bonds is 3. The second kappa shape index (κ2) is 5.88. The molecule has 0 N–H and O–H groups in total. The van der Waals surface area contributed by atoms with Gasteiger partial charge in [0, 0.05) is 10.4 Å². The molecule has 0 atom stereocenters. The zero-order chi connectivity index (χ0) is 12.1. The first kappa shape index (κ1) is 13.0. The van der Waals surface area contributed by atoms with Gasteiger partial charge >= 0.3 is 5.97 Å². The van der Waals surface area contributed by atoms with Crippen LogP contribution in [0.2, 0.25) is 0 Å². The monoisotopic (exact) mass is 301 g/mol. The third kappa shape index (κ3) is 2.75. The van der Waals surface area contributed by atoms with Gasteiger partial charge in [0.1, 0.15) is 0 Å². The fraction of sp³-hybridized carbons (Fsp3) is 0.273. The number of hydrogen-bond acceptors (Lipinski definition) is 3. The van der Waals surface area contributed by atoms with Gasteiger partial charge in [0.05, 0.1) is 25.2 Å². The third-order valence-corrected chi connectivity index (χ3v) is 3.39. The number of alkyl halides is 1. The smallest absolute Gasteiger partial charge is 0.310 e. The largest absolute Gasteiger partial charge is 0.469 e. The number of halogens is 2. The second-order valence-electron chi connectivity index (χ2n) is 3.06. The quantitative estimate of drug-likeness (QED) is 0.637. The molecule has 0 unspecified atom stereocenters. The van der Waals surface area contributed by atoms with Crippen molar-refractivity contribution in [3.05, 3.63) is 33.3 Å². The van der Waals surface area contributed by atoms with Crippen molar-refractivity contribution in [2.75, 3.05) is 7.11 Å². The summed E-state index contributed by atoms with van der Waals surface area (Å²) in [6.45, 7) is 0. The Morgan fingerprint density at radius 3 is 2.81 bits per heavy atom. The molecule has 0 heterocycles. The lowest BCUT2D eigenvalue weighted by atomic mass is 10.0. The molecular formula is C11H9BrClNO2. The molecule has 1 rings (SSSR count). The van der Waals surface area contributed by atoms with Crippen LogP contribution in [0.25, 0.3) is 0 Å². The Morgan fingerprint density at radius 2 is 2.31 bits per heavy atom. The maximum absolute atomic E-state index is 11.1. The summed E-state index contributed by atoms with van der Waals surface area (Å²) in [7, 11) is 1.34. The number of benzene rings is 1. The Labute approximate surface area is 107 Å². The van der Waals surface area contributed by atoms with E-state index in [0.717, 1.165) is 5.56 Å². The van der Waals surface area contributed by atoms with Gasteiger partial charge in [-0.05, 0) is 17.2 Å².